The lowest BCUT2D eigenvalue weighted by atomic mass is 10.2. The van der Waals surface area contributed by atoms with Gasteiger partial charge in [-0.15, -0.1) is 0 Å². The second-order valence-electron chi connectivity index (χ2n) is 4.24. The fourth-order valence-electron chi connectivity index (χ4n) is 1.68. The van der Waals surface area contributed by atoms with E-state index in [4.69, 9.17) is 14.9 Å². The number of nitrogens with zero attached hydrogens (tertiary/aromatic N) is 3. The lowest BCUT2D eigenvalue weighted by Crippen LogP contribution is -2.16. The van der Waals surface area contributed by atoms with Crippen LogP contribution in [0.25, 0.3) is 4.98 Å². The normalized spacial score (nSPS) is 14.7. The first kappa shape index (κ1) is 15.7. The number of ether oxygens (including phenoxy) is 2. The molecular weight excluding hydrogens is 306 g/mol. The zero-order valence-corrected chi connectivity index (χ0v) is 11.6. The molecule has 0 radical (unpaired) electrons. The Morgan fingerprint density at radius 3 is 2.65 bits per heavy atom. The molecule has 1 aromatic carbocycles. The average molecular weight is 316 g/mol. The van der Waals surface area contributed by atoms with Crippen LogP contribution in [0.3, 0.4) is 0 Å². The Bertz CT molecular complexity index is 771. The standard InChI is InChI=1S/C14H9N3O6/c15-16-12-3-1-2-11(12)14(19)22-8-13(18)23-10-6-4-9(5-7-10)17(20)21/h1-7H,8H2/p+1/b14-11+. The Morgan fingerprint density at radius 2 is 2.04 bits per heavy atom. The second-order valence-corrected chi connectivity index (χ2v) is 4.24. The largest absolute Gasteiger partial charge is 0.480 e. The fourth-order valence-corrected chi connectivity index (χ4v) is 1.68. The highest BCUT2D eigenvalue weighted by Crippen LogP contribution is 2.22. The number of hydrogen-bond acceptors (Lipinski definition) is 7. The van der Waals surface area contributed by atoms with Gasteiger partial charge in [0, 0.05) is 18.2 Å². The maximum absolute atomic E-state index is 11.6. The topological polar surface area (TPSA) is 127 Å². The van der Waals surface area contributed by atoms with Gasteiger partial charge in [0.2, 0.25) is 5.39 Å². The molecular formula is C14H10N3O6+. The number of carbonyl (C=O) groups is 1. The van der Waals surface area contributed by atoms with Crippen molar-refractivity contribution < 1.29 is 24.3 Å². The first-order valence-electron chi connectivity index (χ1n) is 6.26. The Labute approximate surface area is 129 Å². The summed E-state index contributed by atoms with van der Waals surface area (Å²) in [7, 11) is 0. The molecule has 0 spiro atoms. The van der Waals surface area contributed by atoms with Crippen LogP contribution in [-0.4, -0.2) is 22.6 Å². The summed E-state index contributed by atoms with van der Waals surface area (Å²) < 4.78 is 9.73. The molecule has 0 atom stereocenters. The molecule has 0 saturated heterocycles. The van der Waals surface area contributed by atoms with E-state index in [2.05, 4.69) is 4.98 Å². The van der Waals surface area contributed by atoms with Crippen LogP contribution in [0.5, 0.6) is 5.75 Å². The first-order valence-corrected chi connectivity index (χ1v) is 6.26. The van der Waals surface area contributed by atoms with E-state index in [1.165, 1.54) is 42.5 Å². The van der Waals surface area contributed by atoms with Crippen LogP contribution in [0.1, 0.15) is 0 Å². The number of aliphatic hydroxyl groups is 1. The molecule has 9 nitrogen and oxygen atoms in total. The second kappa shape index (κ2) is 6.86. The number of nitro benzene ring substituents is 1. The molecule has 1 aliphatic carbocycles. The van der Waals surface area contributed by atoms with E-state index in [-0.39, 0.29) is 22.7 Å². The summed E-state index contributed by atoms with van der Waals surface area (Å²) in [5.41, 5.74) is 0.0744. The van der Waals surface area contributed by atoms with E-state index >= 15 is 0 Å². The molecule has 1 aromatic rings. The van der Waals surface area contributed by atoms with E-state index in [0.29, 0.717) is 0 Å². The first-order chi connectivity index (χ1) is 11.0. The summed E-state index contributed by atoms with van der Waals surface area (Å²) in [4.78, 5) is 24.4. The van der Waals surface area contributed by atoms with Gasteiger partial charge >= 0.3 is 11.7 Å². The molecule has 0 bridgehead atoms. The number of diazo groups is 1. The summed E-state index contributed by atoms with van der Waals surface area (Å²) in [6.07, 6.45) is 4.40. The van der Waals surface area contributed by atoms with E-state index in [1.807, 2.05) is 0 Å². The Hall–Kier alpha value is -3.67. The third-order valence-electron chi connectivity index (χ3n) is 2.74. The van der Waals surface area contributed by atoms with Crippen molar-refractivity contribution in [2.75, 3.05) is 6.61 Å². The highest BCUT2D eigenvalue weighted by molar-refractivity contribution is 5.73. The minimum absolute atomic E-state index is 0.0891. The molecule has 0 fully saturated rings. The van der Waals surface area contributed by atoms with E-state index in [0.717, 1.165) is 0 Å². The Kier molecular flexibility index (Phi) is 4.69. The van der Waals surface area contributed by atoms with Crippen molar-refractivity contribution in [3.63, 3.8) is 0 Å². The lowest BCUT2D eigenvalue weighted by molar-refractivity contribution is -0.384. The molecule has 0 aromatic heterocycles. The molecule has 0 aliphatic heterocycles. The van der Waals surface area contributed by atoms with E-state index in [9.17, 15) is 20.0 Å². The van der Waals surface area contributed by atoms with Crippen molar-refractivity contribution >= 4 is 11.7 Å². The molecule has 9 heteroatoms. The number of aliphatic hydroxyl groups excluding tert-OH is 1. The minimum atomic E-state index is -0.820. The highest BCUT2D eigenvalue weighted by atomic mass is 16.6. The number of hydrogen-bond donors (Lipinski definition) is 1. The number of benzene rings is 1. The maximum atomic E-state index is 11.6. The number of allylic oxidation sites excluding steroid dienone is 3. The van der Waals surface area contributed by atoms with Crippen LogP contribution in [0.4, 0.5) is 5.69 Å². The van der Waals surface area contributed by atoms with Gasteiger partial charge < -0.3 is 14.6 Å². The summed E-state index contributed by atoms with van der Waals surface area (Å²) in [6.45, 7) is -0.598. The van der Waals surface area contributed by atoms with Gasteiger partial charge in [-0.25, -0.2) is 4.79 Å². The van der Waals surface area contributed by atoms with Crippen molar-refractivity contribution in [1.82, 2.24) is 0 Å². The highest BCUT2D eigenvalue weighted by Gasteiger charge is 2.24. The molecule has 23 heavy (non-hydrogen) atoms. The van der Waals surface area contributed by atoms with Crippen LogP contribution in [0.2, 0.25) is 0 Å². The van der Waals surface area contributed by atoms with Crippen LogP contribution < -0.4 is 4.74 Å². The summed E-state index contributed by atoms with van der Waals surface area (Å²) in [5.74, 6) is -1.31. The van der Waals surface area contributed by atoms with Gasteiger partial charge in [-0.05, 0) is 18.2 Å². The van der Waals surface area contributed by atoms with Crippen molar-refractivity contribution in [1.29, 1.82) is 5.39 Å². The lowest BCUT2D eigenvalue weighted by Gasteiger charge is -2.06. The fraction of sp³-hybridized carbons (Fsp3) is 0.0714. The van der Waals surface area contributed by atoms with Crippen molar-refractivity contribution in [2.24, 2.45) is 0 Å². The van der Waals surface area contributed by atoms with Crippen LogP contribution in [0.15, 0.2) is 59.7 Å². The summed E-state index contributed by atoms with van der Waals surface area (Å²) >= 11 is 0. The summed E-state index contributed by atoms with van der Waals surface area (Å²) in [5, 5.41) is 28.9. The quantitative estimate of drug-likeness (QED) is 0.221. The van der Waals surface area contributed by atoms with Crippen molar-refractivity contribution in [3.8, 4) is 5.75 Å². The van der Waals surface area contributed by atoms with Gasteiger partial charge in [0.05, 0.1) is 4.92 Å². The van der Waals surface area contributed by atoms with Gasteiger partial charge in [-0.1, -0.05) is 6.08 Å². The van der Waals surface area contributed by atoms with Crippen LogP contribution >= 0.6 is 0 Å². The number of rotatable bonds is 5. The minimum Gasteiger partial charge on any atom is -0.480 e. The van der Waals surface area contributed by atoms with Gasteiger partial charge in [0.1, 0.15) is 5.75 Å². The molecule has 0 heterocycles. The predicted molar refractivity (Wildman–Crippen MR) is 76.6 cm³/mol. The average Bonchev–Trinajstić information content (AvgIpc) is 3.01. The number of nitro groups is 1. The van der Waals surface area contributed by atoms with Crippen molar-refractivity contribution in [2.45, 2.75) is 0 Å². The molecule has 2 rings (SSSR count). The van der Waals surface area contributed by atoms with E-state index in [1.54, 1.807) is 0 Å². The maximum Gasteiger partial charge on any atom is 0.399 e. The summed E-state index contributed by atoms with van der Waals surface area (Å²) in [6, 6.07) is 4.90. The monoisotopic (exact) mass is 316 g/mol. The zero-order valence-electron chi connectivity index (χ0n) is 11.6. The SMILES string of the molecule is N#[N+]C1=CC=C/C1=C(/O)OCC(=O)Oc1ccc([N+](=O)[O-])cc1. The molecule has 0 amide bonds. The zero-order chi connectivity index (χ0) is 16.8. The number of carbonyl (C=O) groups excluding carboxylic acids is 1. The van der Waals surface area contributed by atoms with Crippen LogP contribution in [0, 0.1) is 15.5 Å². The molecule has 116 valence electrons. The third-order valence-corrected chi connectivity index (χ3v) is 2.74. The predicted octanol–water partition coefficient (Wildman–Crippen LogP) is 2.59. The molecule has 0 saturated carbocycles. The van der Waals surface area contributed by atoms with Crippen molar-refractivity contribution in [3.05, 3.63) is 74.8 Å². The van der Waals surface area contributed by atoms with Gasteiger partial charge in [0.15, 0.2) is 17.2 Å². The third kappa shape index (κ3) is 3.92. The molecule has 1 N–H and O–H groups in total. The van der Waals surface area contributed by atoms with Gasteiger partial charge in [-0.3, -0.25) is 10.1 Å². The van der Waals surface area contributed by atoms with Gasteiger partial charge in [-0.2, -0.15) is 0 Å². The van der Waals surface area contributed by atoms with Gasteiger partial charge in [0.25, 0.3) is 11.6 Å². The molecule has 0 unspecified atom stereocenters. The number of esters is 1. The molecule has 1 aliphatic rings. The smallest absolute Gasteiger partial charge is 0.399 e. The Morgan fingerprint density at radius 1 is 1.35 bits per heavy atom. The Balaban J connectivity index is 1.92. The number of non-ortho nitro benzene ring substituents is 1. The van der Waals surface area contributed by atoms with E-state index < -0.39 is 23.4 Å². The van der Waals surface area contributed by atoms with Crippen LogP contribution in [-0.2, 0) is 9.53 Å².